The zero-order chi connectivity index (χ0) is 14.7. The summed E-state index contributed by atoms with van der Waals surface area (Å²) < 4.78 is 0. The Morgan fingerprint density at radius 3 is 2.24 bits per heavy atom. The van der Waals surface area contributed by atoms with Crippen LogP contribution in [0, 0.1) is 0 Å². The number of piperidine rings is 1. The number of hydrogen-bond donors (Lipinski definition) is 1. The number of primary amides is 1. The van der Waals surface area contributed by atoms with E-state index in [9.17, 15) is 4.79 Å². The van der Waals surface area contributed by atoms with E-state index in [2.05, 4.69) is 14.9 Å². The molecule has 1 saturated heterocycles. The number of nitrogens with two attached hydrogens (primary N) is 1. The van der Waals surface area contributed by atoms with Crippen LogP contribution < -0.4 is 10.6 Å². The summed E-state index contributed by atoms with van der Waals surface area (Å²) in [5, 5.41) is 0. The summed E-state index contributed by atoms with van der Waals surface area (Å²) in [5.74, 6) is 0.464. The molecule has 0 radical (unpaired) electrons. The summed E-state index contributed by atoms with van der Waals surface area (Å²) in [7, 11) is 0. The Labute approximate surface area is 123 Å². The quantitative estimate of drug-likeness (QED) is 0.926. The van der Waals surface area contributed by atoms with E-state index in [1.165, 1.54) is 0 Å². The second kappa shape index (κ2) is 5.52. The van der Waals surface area contributed by atoms with Crippen molar-refractivity contribution in [3.05, 3.63) is 54.4 Å². The summed E-state index contributed by atoms with van der Waals surface area (Å²) in [5.41, 5.74) is 6.16. The number of carbonyl (C=O) groups is 1. The van der Waals surface area contributed by atoms with Gasteiger partial charge in [0.05, 0.1) is 5.41 Å². The average molecular weight is 282 g/mol. The van der Waals surface area contributed by atoms with E-state index in [1.54, 1.807) is 18.5 Å². The number of amides is 1. The molecule has 0 bridgehead atoms. The first-order valence-corrected chi connectivity index (χ1v) is 7.10. The molecule has 5 heteroatoms. The van der Waals surface area contributed by atoms with Gasteiger partial charge in [-0.25, -0.2) is 9.97 Å². The monoisotopic (exact) mass is 282 g/mol. The van der Waals surface area contributed by atoms with E-state index in [0.717, 1.165) is 18.7 Å². The third kappa shape index (κ3) is 2.46. The van der Waals surface area contributed by atoms with Crippen LogP contribution in [0.25, 0.3) is 0 Å². The zero-order valence-corrected chi connectivity index (χ0v) is 11.8. The van der Waals surface area contributed by atoms with Crippen molar-refractivity contribution in [1.82, 2.24) is 9.97 Å². The Morgan fingerprint density at radius 1 is 1.05 bits per heavy atom. The predicted molar refractivity (Wildman–Crippen MR) is 80.8 cm³/mol. The normalized spacial score (nSPS) is 17.4. The number of carbonyl (C=O) groups excluding carboxylic acids is 1. The van der Waals surface area contributed by atoms with Crippen molar-refractivity contribution in [2.45, 2.75) is 18.3 Å². The van der Waals surface area contributed by atoms with Crippen molar-refractivity contribution in [3.63, 3.8) is 0 Å². The minimum atomic E-state index is -0.577. The zero-order valence-electron chi connectivity index (χ0n) is 11.8. The molecule has 2 N–H and O–H groups in total. The molecule has 2 heterocycles. The molecule has 5 nitrogen and oxygen atoms in total. The molecule has 3 rings (SSSR count). The smallest absolute Gasteiger partial charge is 0.228 e. The first-order valence-electron chi connectivity index (χ1n) is 7.10. The Balaban J connectivity index is 1.83. The van der Waals surface area contributed by atoms with Crippen molar-refractivity contribution < 1.29 is 4.79 Å². The Morgan fingerprint density at radius 2 is 1.67 bits per heavy atom. The van der Waals surface area contributed by atoms with Crippen molar-refractivity contribution in [2.75, 3.05) is 18.0 Å². The van der Waals surface area contributed by atoms with Crippen molar-refractivity contribution in [2.24, 2.45) is 5.73 Å². The molecule has 0 aliphatic carbocycles. The second-order valence-corrected chi connectivity index (χ2v) is 5.35. The summed E-state index contributed by atoms with van der Waals surface area (Å²) in [6.45, 7) is 1.45. The molecule has 108 valence electrons. The largest absolute Gasteiger partial charge is 0.369 e. The minimum absolute atomic E-state index is 0.248. The molecule has 0 spiro atoms. The van der Waals surface area contributed by atoms with Crippen molar-refractivity contribution in [1.29, 1.82) is 0 Å². The van der Waals surface area contributed by atoms with Gasteiger partial charge in [0.2, 0.25) is 11.9 Å². The maximum Gasteiger partial charge on any atom is 0.228 e. The highest BCUT2D eigenvalue weighted by Crippen LogP contribution is 2.35. The molecular weight excluding hydrogens is 264 g/mol. The van der Waals surface area contributed by atoms with Crippen LogP contribution in [0.3, 0.4) is 0 Å². The van der Waals surface area contributed by atoms with Crippen LogP contribution in [0.4, 0.5) is 5.95 Å². The number of rotatable bonds is 3. The van der Waals surface area contributed by atoms with Gasteiger partial charge in [0.25, 0.3) is 0 Å². The molecule has 1 aromatic heterocycles. The average Bonchev–Trinajstić information content (AvgIpc) is 2.56. The number of aromatic nitrogens is 2. The standard InChI is InChI=1S/C16H18N4O/c17-14(21)16(13-5-2-1-3-6-13)7-11-20(12-8-16)15-18-9-4-10-19-15/h1-6,9-10H,7-8,11-12H2,(H2,17,21). The highest BCUT2D eigenvalue weighted by molar-refractivity contribution is 5.87. The van der Waals surface area contributed by atoms with E-state index in [0.29, 0.717) is 18.8 Å². The molecule has 1 aliphatic rings. The molecule has 2 aromatic rings. The maximum absolute atomic E-state index is 12.1. The first kappa shape index (κ1) is 13.5. The Hall–Kier alpha value is -2.43. The molecule has 0 saturated carbocycles. The summed E-state index contributed by atoms with van der Waals surface area (Å²) in [6, 6.07) is 11.6. The van der Waals surface area contributed by atoms with Crippen LogP contribution in [0.1, 0.15) is 18.4 Å². The van der Waals surface area contributed by atoms with E-state index < -0.39 is 5.41 Å². The highest BCUT2D eigenvalue weighted by Gasteiger charge is 2.41. The molecule has 1 aliphatic heterocycles. The number of benzene rings is 1. The van der Waals surface area contributed by atoms with Crippen molar-refractivity contribution in [3.8, 4) is 0 Å². The molecular formula is C16H18N4O. The van der Waals surface area contributed by atoms with Crippen LogP contribution in [0.2, 0.25) is 0 Å². The highest BCUT2D eigenvalue weighted by atomic mass is 16.1. The van der Waals surface area contributed by atoms with Gasteiger partial charge in [0.1, 0.15) is 0 Å². The fourth-order valence-electron chi connectivity index (χ4n) is 2.98. The van der Waals surface area contributed by atoms with Gasteiger partial charge in [-0.15, -0.1) is 0 Å². The van der Waals surface area contributed by atoms with Crippen LogP contribution in [-0.4, -0.2) is 29.0 Å². The second-order valence-electron chi connectivity index (χ2n) is 5.35. The van der Waals surface area contributed by atoms with Gasteiger partial charge in [-0.05, 0) is 24.5 Å². The van der Waals surface area contributed by atoms with Crippen LogP contribution in [-0.2, 0) is 10.2 Å². The minimum Gasteiger partial charge on any atom is -0.369 e. The van der Waals surface area contributed by atoms with Gasteiger partial charge >= 0.3 is 0 Å². The topological polar surface area (TPSA) is 72.1 Å². The molecule has 1 aromatic carbocycles. The third-order valence-electron chi connectivity index (χ3n) is 4.25. The van der Waals surface area contributed by atoms with E-state index >= 15 is 0 Å². The van der Waals surface area contributed by atoms with Gasteiger partial charge in [0.15, 0.2) is 0 Å². The molecule has 1 fully saturated rings. The maximum atomic E-state index is 12.1. The first-order chi connectivity index (χ1) is 10.2. The van der Waals surface area contributed by atoms with Gasteiger partial charge in [-0.2, -0.15) is 0 Å². The van der Waals surface area contributed by atoms with Gasteiger partial charge in [-0.1, -0.05) is 30.3 Å². The third-order valence-corrected chi connectivity index (χ3v) is 4.25. The fourth-order valence-corrected chi connectivity index (χ4v) is 2.98. The molecule has 0 unspecified atom stereocenters. The van der Waals surface area contributed by atoms with E-state index in [4.69, 9.17) is 5.73 Å². The van der Waals surface area contributed by atoms with E-state index in [1.807, 2.05) is 30.3 Å². The van der Waals surface area contributed by atoms with Crippen LogP contribution in [0.15, 0.2) is 48.8 Å². The van der Waals surface area contributed by atoms with Gasteiger partial charge in [-0.3, -0.25) is 4.79 Å². The van der Waals surface area contributed by atoms with Crippen LogP contribution in [0.5, 0.6) is 0 Å². The summed E-state index contributed by atoms with van der Waals surface area (Å²) >= 11 is 0. The SMILES string of the molecule is NC(=O)C1(c2ccccc2)CCN(c2ncccn2)CC1. The Kier molecular flexibility index (Phi) is 3.56. The van der Waals surface area contributed by atoms with Crippen molar-refractivity contribution >= 4 is 11.9 Å². The lowest BCUT2D eigenvalue weighted by Crippen LogP contribution is -2.50. The van der Waals surface area contributed by atoms with Crippen LogP contribution >= 0.6 is 0 Å². The lowest BCUT2D eigenvalue weighted by Gasteiger charge is -2.40. The lowest BCUT2D eigenvalue weighted by atomic mass is 9.72. The Bertz CT molecular complexity index is 607. The summed E-state index contributed by atoms with van der Waals surface area (Å²) in [4.78, 5) is 22.7. The van der Waals surface area contributed by atoms with E-state index in [-0.39, 0.29) is 5.91 Å². The molecule has 21 heavy (non-hydrogen) atoms. The molecule has 1 amide bonds. The number of hydrogen-bond acceptors (Lipinski definition) is 4. The molecule has 0 atom stereocenters. The fraction of sp³-hybridized carbons (Fsp3) is 0.312. The summed E-state index contributed by atoms with van der Waals surface area (Å²) in [6.07, 6.45) is 4.83. The number of anilines is 1. The number of nitrogens with zero attached hydrogens (tertiary/aromatic N) is 3. The van der Waals surface area contributed by atoms with Gasteiger partial charge in [0, 0.05) is 25.5 Å². The van der Waals surface area contributed by atoms with Gasteiger partial charge < -0.3 is 10.6 Å². The predicted octanol–water partition coefficient (Wildman–Crippen LogP) is 1.50. The lowest BCUT2D eigenvalue weighted by molar-refractivity contribution is -0.124.